The average molecular weight is 187 g/mol. The van der Waals surface area contributed by atoms with Crippen molar-refractivity contribution in [2.75, 3.05) is 33.7 Å². The second-order valence-corrected chi connectivity index (χ2v) is 2.91. The number of carbonyl (C=O) groups is 1. The molecule has 0 unspecified atom stereocenters. The molecule has 0 atom stereocenters. The molecule has 0 fully saturated rings. The molecule has 0 aromatic carbocycles. The zero-order valence-corrected chi connectivity index (χ0v) is 9.13. The number of amides is 1. The number of carbonyl (C=O) groups excluding carboxylic acids is 1. The first-order valence-electron chi connectivity index (χ1n) is 4.83. The third-order valence-corrected chi connectivity index (χ3v) is 2.10. The van der Waals surface area contributed by atoms with Crippen LogP contribution < -0.4 is 5.32 Å². The molecule has 0 aromatic heterocycles. The number of nitrogens with one attached hydrogen (secondary N) is 1. The molecule has 4 nitrogen and oxygen atoms in total. The highest BCUT2D eigenvalue weighted by Crippen LogP contribution is 1.96. The van der Waals surface area contributed by atoms with E-state index in [1.807, 2.05) is 33.0 Å². The molecule has 0 bridgehead atoms. The van der Waals surface area contributed by atoms with Crippen molar-refractivity contribution in [2.45, 2.75) is 20.3 Å². The van der Waals surface area contributed by atoms with Gasteiger partial charge in [0.2, 0.25) is 5.91 Å². The molecule has 0 rings (SSSR count). The van der Waals surface area contributed by atoms with Gasteiger partial charge in [0.1, 0.15) is 0 Å². The van der Waals surface area contributed by atoms with Crippen LogP contribution in [0.15, 0.2) is 0 Å². The molecule has 0 aliphatic heterocycles. The minimum absolute atomic E-state index is 0.165. The Morgan fingerprint density at radius 2 is 1.85 bits per heavy atom. The van der Waals surface area contributed by atoms with E-state index in [-0.39, 0.29) is 5.91 Å². The Labute approximate surface area is 80.9 Å². The van der Waals surface area contributed by atoms with Crippen LogP contribution in [0, 0.1) is 0 Å². The van der Waals surface area contributed by atoms with Crippen LogP contribution in [0.3, 0.4) is 0 Å². The standard InChI is InChI=1S/C9H21N3O/c1-5-12(6-2)11(4)9(13)7-8-10-3/h10H,5-8H2,1-4H3. The van der Waals surface area contributed by atoms with Gasteiger partial charge in [-0.3, -0.25) is 9.80 Å². The lowest BCUT2D eigenvalue weighted by Crippen LogP contribution is -2.44. The lowest BCUT2D eigenvalue weighted by molar-refractivity contribution is -0.144. The summed E-state index contributed by atoms with van der Waals surface area (Å²) in [5, 5.41) is 6.68. The molecule has 0 radical (unpaired) electrons. The van der Waals surface area contributed by atoms with Gasteiger partial charge in [-0.15, -0.1) is 0 Å². The first-order valence-corrected chi connectivity index (χ1v) is 4.83. The van der Waals surface area contributed by atoms with Gasteiger partial charge in [0.25, 0.3) is 0 Å². The highest BCUT2D eigenvalue weighted by atomic mass is 16.2. The third kappa shape index (κ3) is 4.24. The maximum absolute atomic E-state index is 11.5. The second-order valence-electron chi connectivity index (χ2n) is 2.91. The number of hydrogen-bond donors (Lipinski definition) is 1. The third-order valence-electron chi connectivity index (χ3n) is 2.10. The Kier molecular flexibility index (Phi) is 6.54. The number of hydrogen-bond acceptors (Lipinski definition) is 3. The van der Waals surface area contributed by atoms with Crippen molar-refractivity contribution in [1.82, 2.24) is 15.3 Å². The van der Waals surface area contributed by atoms with Crippen LogP contribution in [0.1, 0.15) is 20.3 Å². The molecular formula is C9H21N3O. The number of hydrazine groups is 1. The monoisotopic (exact) mass is 187 g/mol. The summed E-state index contributed by atoms with van der Waals surface area (Å²) in [5.74, 6) is 0.165. The predicted octanol–water partition coefficient (Wildman–Crippen LogP) is 0.311. The van der Waals surface area contributed by atoms with Crippen LogP contribution in [0.2, 0.25) is 0 Å². The van der Waals surface area contributed by atoms with Crippen molar-refractivity contribution in [3.05, 3.63) is 0 Å². The van der Waals surface area contributed by atoms with Gasteiger partial charge in [0.05, 0.1) is 0 Å². The van der Waals surface area contributed by atoms with E-state index in [1.165, 1.54) is 0 Å². The highest BCUT2D eigenvalue weighted by Gasteiger charge is 2.12. The molecule has 0 aliphatic rings. The first-order chi connectivity index (χ1) is 6.17. The van der Waals surface area contributed by atoms with E-state index in [4.69, 9.17) is 0 Å². The molecule has 0 saturated heterocycles. The van der Waals surface area contributed by atoms with E-state index in [0.717, 1.165) is 19.6 Å². The smallest absolute Gasteiger partial charge is 0.237 e. The average Bonchev–Trinajstić information content (AvgIpc) is 2.15. The topological polar surface area (TPSA) is 35.6 Å². The van der Waals surface area contributed by atoms with E-state index in [9.17, 15) is 4.79 Å². The summed E-state index contributed by atoms with van der Waals surface area (Å²) in [5.41, 5.74) is 0. The van der Waals surface area contributed by atoms with Crippen molar-refractivity contribution in [3.63, 3.8) is 0 Å². The van der Waals surface area contributed by atoms with Crippen molar-refractivity contribution in [2.24, 2.45) is 0 Å². The van der Waals surface area contributed by atoms with E-state index >= 15 is 0 Å². The van der Waals surface area contributed by atoms with Gasteiger partial charge in [0.15, 0.2) is 0 Å². The van der Waals surface area contributed by atoms with Crippen molar-refractivity contribution < 1.29 is 4.79 Å². The van der Waals surface area contributed by atoms with Gasteiger partial charge in [-0.25, -0.2) is 5.01 Å². The van der Waals surface area contributed by atoms with Crippen molar-refractivity contribution >= 4 is 5.91 Å². The largest absolute Gasteiger partial charge is 0.319 e. The maximum Gasteiger partial charge on any atom is 0.237 e. The molecule has 0 saturated carbocycles. The van der Waals surface area contributed by atoms with E-state index in [2.05, 4.69) is 5.32 Å². The summed E-state index contributed by atoms with van der Waals surface area (Å²) in [6.45, 7) is 6.58. The van der Waals surface area contributed by atoms with E-state index < -0.39 is 0 Å². The van der Waals surface area contributed by atoms with Gasteiger partial charge in [-0.05, 0) is 7.05 Å². The van der Waals surface area contributed by atoms with Crippen LogP contribution in [0.4, 0.5) is 0 Å². The Morgan fingerprint density at radius 1 is 1.31 bits per heavy atom. The summed E-state index contributed by atoms with van der Waals surface area (Å²) in [7, 11) is 3.68. The summed E-state index contributed by atoms with van der Waals surface area (Å²) < 4.78 is 0. The van der Waals surface area contributed by atoms with Crippen molar-refractivity contribution in [3.8, 4) is 0 Å². The molecule has 4 heteroatoms. The minimum atomic E-state index is 0.165. The molecular weight excluding hydrogens is 166 g/mol. The molecule has 0 spiro atoms. The minimum Gasteiger partial charge on any atom is -0.319 e. The van der Waals surface area contributed by atoms with Crippen LogP contribution in [0.25, 0.3) is 0 Å². The molecule has 1 amide bonds. The molecule has 78 valence electrons. The van der Waals surface area contributed by atoms with Gasteiger partial charge < -0.3 is 5.32 Å². The van der Waals surface area contributed by atoms with Gasteiger partial charge >= 0.3 is 0 Å². The summed E-state index contributed by atoms with van der Waals surface area (Å²) in [6, 6.07) is 0. The Morgan fingerprint density at radius 3 is 2.23 bits per heavy atom. The fourth-order valence-corrected chi connectivity index (χ4v) is 1.20. The van der Waals surface area contributed by atoms with Crippen molar-refractivity contribution in [1.29, 1.82) is 0 Å². The van der Waals surface area contributed by atoms with Crippen LogP contribution in [-0.4, -0.2) is 49.7 Å². The lowest BCUT2D eigenvalue weighted by atomic mass is 10.4. The summed E-state index contributed by atoms with van der Waals surface area (Å²) in [6.07, 6.45) is 0.559. The van der Waals surface area contributed by atoms with Crippen LogP contribution in [-0.2, 0) is 4.79 Å². The van der Waals surface area contributed by atoms with Gasteiger partial charge in [0, 0.05) is 33.1 Å². The number of nitrogens with zero attached hydrogens (tertiary/aromatic N) is 2. The second kappa shape index (κ2) is 6.86. The molecule has 13 heavy (non-hydrogen) atoms. The van der Waals surface area contributed by atoms with Gasteiger partial charge in [-0.2, -0.15) is 0 Å². The summed E-state index contributed by atoms with van der Waals surface area (Å²) >= 11 is 0. The van der Waals surface area contributed by atoms with E-state index in [0.29, 0.717) is 6.42 Å². The quantitative estimate of drug-likeness (QED) is 0.608. The predicted molar refractivity (Wildman–Crippen MR) is 54.2 cm³/mol. The van der Waals surface area contributed by atoms with E-state index in [1.54, 1.807) is 5.01 Å². The van der Waals surface area contributed by atoms with Crippen LogP contribution >= 0.6 is 0 Å². The molecule has 1 N–H and O–H groups in total. The molecule has 0 aromatic rings. The zero-order chi connectivity index (χ0) is 10.3. The normalized spacial score (nSPS) is 10.5. The Hall–Kier alpha value is -0.610. The lowest BCUT2D eigenvalue weighted by Gasteiger charge is -2.29. The Bertz CT molecular complexity index is 146. The van der Waals surface area contributed by atoms with Crippen LogP contribution in [0.5, 0.6) is 0 Å². The van der Waals surface area contributed by atoms with Gasteiger partial charge in [-0.1, -0.05) is 13.8 Å². The Balaban J connectivity index is 3.91. The molecule has 0 heterocycles. The molecule has 0 aliphatic carbocycles. The fraction of sp³-hybridized carbons (Fsp3) is 0.889. The summed E-state index contributed by atoms with van der Waals surface area (Å²) in [4.78, 5) is 11.5. The fourth-order valence-electron chi connectivity index (χ4n) is 1.20. The number of rotatable bonds is 6. The SMILES string of the molecule is CCN(CC)N(C)C(=O)CCNC. The maximum atomic E-state index is 11.5. The first kappa shape index (κ1) is 12.4. The zero-order valence-electron chi connectivity index (χ0n) is 9.13. The highest BCUT2D eigenvalue weighted by molar-refractivity contribution is 5.75.